The van der Waals surface area contributed by atoms with Crippen molar-refractivity contribution in [2.24, 2.45) is 0 Å². The van der Waals surface area contributed by atoms with Gasteiger partial charge < -0.3 is 10.4 Å². The molecule has 0 radical (unpaired) electrons. The van der Waals surface area contributed by atoms with E-state index in [1.165, 1.54) is 5.56 Å². The van der Waals surface area contributed by atoms with Gasteiger partial charge in [0.1, 0.15) is 5.75 Å². The summed E-state index contributed by atoms with van der Waals surface area (Å²) in [4.78, 5) is 0. The minimum Gasteiger partial charge on any atom is -0.508 e. The molecule has 0 spiro atoms. The number of fused-ring (bicyclic) bond motifs is 1. The van der Waals surface area contributed by atoms with Gasteiger partial charge in [0.2, 0.25) is 0 Å². The second-order valence-electron chi connectivity index (χ2n) is 5.87. The molecule has 2 N–H and O–H groups in total. The first kappa shape index (κ1) is 15.6. The van der Waals surface area contributed by atoms with Crippen LogP contribution < -0.4 is 5.32 Å². The normalized spacial score (nSPS) is 12.4. The molecule has 3 aromatic carbocycles. The quantitative estimate of drug-likeness (QED) is 0.626. The van der Waals surface area contributed by atoms with Crippen LogP contribution in [0.15, 0.2) is 66.7 Å². The molecule has 0 aliphatic rings. The maximum atomic E-state index is 10.6. The molecule has 23 heavy (non-hydrogen) atoms. The molecule has 0 fully saturated rings. The third-order valence-electron chi connectivity index (χ3n) is 4.25. The molecular formula is C21H23NO. The fourth-order valence-corrected chi connectivity index (χ4v) is 3.04. The molecule has 3 aromatic rings. The maximum Gasteiger partial charge on any atom is 0.121 e. The molecule has 0 bridgehead atoms. The molecular weight excluding hydrogens is 282 g/mol. The van der Waals surface area contributed by atoms with Crippen molar-refractivity contribution in [1.29, 1.82) is 0 Å². The van der Waals surface area contributed by atoms with Gasteiger partial charge in [0, 0.05) is 5.56 Å². The highest BCUT2D eigenvalue weighted by molar-refractivity contribution is 5.88. The Kier molecular flexibility index (Phi) is 4.94. The van der Waals surface area contributed by atoms with E-state index in [4.69, 9.17) is 0 Å². The Morgan fingerprint density at radius 2 is 1.65 bits per heavy atom. The number of benzene rings is 3. The molecule has 0 saturated carbocycles. The predicted molar refractivity (Wildman–Crippen MR) is 96.8 cm³/mol. The maximum absolute atomic E-state index is 10.6. The van der Waals surface area contributed by atoms with Crippen LogP contribution in [-0.2, 0) is 0 Å². The van der Waals surface area contributed by atoms with Crippen molar-refractivity contribution < 1.29 is 5.11 Å². The fraction of sp³-hybridized carbons (Fsp3) is 0.238. The Hall–Kier alpha value is -2.32. The summed E-state index contributed by atoms with van der Waals surface area (Å²) in [6.07, 6.45) is 2.27. The van der Waals surface area contributed by atoms with Crippen LogP contribution in [-0.4, -0.2) is 11.7 Å². The number of rotatable bonds is 6. The molecule has 0 amide bonds. The minimum absolute atomic E-state index is 0.00569. The summed E-state index contributed by atoms with van der Waals surface area (Å²) in [6, 6.07) is 22.4. The molecule has 0 heterocycles. The predicted octanol–water partition coefficient (Wildman–Crippen LogP) is 5.02. The number of phenolic OH excluding ortho intramolecular Hbond substituents is 1. The lowest BCUT2D eigenvalue weighted by Crippen LogP contribution is -2.23. The molecule has 2 nitrogen and oxygen atoms in total. The average molecular weight is 305 g/mol. The van der Waals surface area contributed by atoms with Gasteiger partial charge in [-0.3, -0.25) is 0 Å². The van der Waals surface area contributed by atoms with E-state index in [1.54, 1.807) is 6.07 Å². The second-order valence-corrected chi connectivity index (χ2v) is 5.87. The van der Waals surface area contributed by atoms with E-state index >= 15 is 0 Å². The Labute approximate surface area is 137 Å². The highest BCUT2D eigenvalue weighted by Gasteiger charge is 2.19. The first-order valence-electron chi connectivity index (χ1n) is 8.30. The zero-order valence-corrected chi connectivity index (χ0v) is 13.5. The van der Waals surface area contributed by atoms with Crippen molar-refractivity contribution in [3.63, 3.8) is 0 Å². The topological polar surface area (TPSA) is 32.3 Å². The van der Waals surface area contributed by atoms with Crippen molar-refractivity contribution >= 4 is 10.8 Å². The van der Waals surface area contributed by atoms with E-state index in [9.17, 15) is 5.11 Å². The summed E-state index contributed by atoms with van der Waals surface area (Å²) in [6.45, 7) is 3.12. The van der Waals surface area contributed by atoms with Gasteiger partial charge >= 0.3 is 0 Å². The van der Waals surface area contributed by atoms with Gasteiger partial charge in [0.25, 0.3) is 0 Å². The summed E-state index contributed by atoms with van der Waals surface area (Å²) < 4.78 is 0. The van der Waals surface area contributed by atoms with Crippen molar-refractivity contribution in [2.45, 2.75) is 25.8 Å². The number of hydrogen-bond donors (Lipinski definition) is 2. The summed E-state index contributed by atoms with van der Waals surface area (Å²) in [5.74, 6) is 0.349. The van der Waals surface area contributed by atoms with Gasteiger partial charge in [-0.25, -0.2) is 0 Å². The largest absolute Gasteiger partial charge is 0.508 e. The van der Waals surface area contributed by atoms with Crippen LogP contribution in [0.4, 0.5) is 0 Å². The Balaban J connectivity index is 2.11. The molecule has 3 rings (SSSR count). The van der Waals surface area contributed by atoms with Gasteiger partial charge in [0.05, 0.1) is 6.04 Å². The lowest BCUT2D eigenvalue weighted by molar-refractivity contribution is 0.458. The van der Waals surface area contributed by atoms with Gasteiger partial charge in [-0.05, 0) is 35.4 Å². The zero-order valence-electron chi connectivity index (χ0n) is 13.5. The summed E-state index contributed by atoms with van der Waals surface area (Å²) in [7, 11) is 0. The third-order valence-corrected chi connectivity index (χ3v) is 4.25. The van der Waals surface area contributed by atoms with Gasteiger partial charge in [-0.1, -0.05) is 74.0 Å². The molecule has 1 unspecified atom stereocenters. The van der Waals surface area contributed by atoms with Gasteiger partial charge in [-0.15, -0.1) is 0 Å². The Morgan fingerprint density at radius 3 is 2.43 bits per heavy atom. The summed E-state index contributed by atoms with van der Waals surface area (Å²) in [5, 5.41) is 16.4. The third kappa shape index (κ3) is 3.38. The number of phenols is 1. The highest BCUT2D eigenvalue weighted by Crippen LogP contribution is 2.35. The van der Waals surface area contributed by atoms with Crippen LogP contribution in [0.2, 0.25) is 0 Å². The van der Waals surface area contributed by atoms with Gasteiger partial charge in [-0.2, -0.15) is 0 Å². The SMILES string of the molecule is CCCCNC(c1ccccc1)c1c(O)ccc2ccccc12. The van der Waals surface area contributed by atoms with E-state index < -0.39 is 0 Å². The lowest BCUT2D eigenvalue weighted by atomic mass is 9.92. The van der Waals surface area contributed by atoms with E-state index in [0.29, 0.717) is 5.75 Å². The monoisotopic (exact) mass is 305 g/mol. The van der Waals surface area contributed by atoms with Crippen molar-refractivity contribution in [2.75, 3.05) is 6.54 Å². The highest BCUT2D eigenvalue weighted by atomic mass is 16.3. The van der Waals surface area contributed by atoms with Crippen LogP contribution in [0.3, 0.4) is 0 Å². The van der Waals surface area contributed by atoms with Crippen molar-refractivity contribution in [1.82, 2.24) is 5.32 Å². The van der Waals surface area contributed by atoms with Crippen LogP contribution in [0, 0.1) is 0 Å². The standard InChI is InChI=1S/C21H23NO/c1-2-3-15-22-21(17-10-5-4-6-11-17)20-18-12-8-7-9-16(18)13-14-19(20)23/h4-14,21-23H,2-3,15H2,1H3. The molecule has 0 aliphatic carbocycles. The van der Waals surface area contributed by atoms with Gasteiger partial charge in [0.15, 0.2) is 0 Å². The number of aromatic hydroxyl groups is 1. The van der Waals surface area contributed by atoms with Crippen LogP contribution >= 0.6 is 0 Å². The van der Waals surface area contributed by atoms with E-state index in [2.05, 4.69) is 36.5 Å². The smallest absolute Gasteiger partial charge is 0.121 e. The zero-order chi connectivity index (χ0) is 16.1. The lowest BCUT2D eigenvalue weighted by Gasteiger charge is -2.22. The van der Waals surface area contributed by atoms with Crippen molar-refractivity contribution in [3.8, 4) is 5.75 Å². The average Bonchev–Trinajstić information content (AvgIpc) is 2.60. The van der Waals surface area contributed by atoms with E-state index in [0.717, 1.165) is 35.7 Å². The molecule has 0 saturated heterocycles. The number of unbranched alkanes of at least 4 members (excludes halogenated alkanes) is 1. The van der Waals surface area contributed by atoms with E-state index in [1.807, 2.05) is 36.4 Å². The summed E-state index contributed by atoms with van der Waals surface area (Å²) in [5.41, 5.74) is 2.14. The fourth-order valence-electron chi connectivity index (χ4n) is 3.04. The first-order chi connectivity index (χ1) is 11.3. The number of hydrogen-bond acceptors (Lipinski definition) is 2. The van der Waals surface area contributed by atoms with E-state index in [-0.39, 0.29) is 6.04 Å². The Bertz CT molecular complexity index is 767. The van der Waals surface area contributed by atoms with Crippen LogP contribution in [0.5, 0.6) is 5.75 Å². The molecule has 1 atom stereocenters. The molecule has 2 heteroatoms. The second kappa shape index (κ2) is 7.30. The minimum atomic E-state index is -0.00569. The summed E-state index contributed by atoms with van der Waals surface area (Å²) >= 11 is 0. The molecule has 118 valence electrons. The van der Waals surface area contributed by atoms with Crippen LogP contribution in [0.25, 0.3) is 10.8 Å². The first-order valence-corrected chi connectivity index (χ1v) is 8.30. The van der Waals surface area contributed by atoms with Crippen LogP contribution in [0.1, 0.15) is 36.9 Å². The molecule has 0 aliphatic heterocycles. The number of nitrogens with one attached hydrogen (secondary N) is 1. The molecule has 0 aromatic heterocycles. The Morgan fingerprint density at radius 1 is 0.913 bits per heavy atom. The van der Waals surface area contributed by atoms with Crippen molar-refractivity contribution in [3.05, 3.63) is 77.9 Å².